The summed E-state index contributed by atoms with van der Waals surface area (Å²) in [6, 6.07) is 0. The fourth-order valence-electron chi connectivity index (χ4n) is 2.88. The van der Waals surface area contributed by atoms with Crippen molar-refractivity contribution in [1.82, 2.24) is 5.32 Å². The van der Waals surface area contributed by atoms with Gasteiger partial charge in [0.2, 0.25) is 0 Å². The van der Waals surface area contributed by atoms with Crippen LogP contribution in [0.15, 0.2) is 47.6 Å². The number of alkyl carbamates (subject to hydrolysis) is 1. The third-order valence-corrected chi connectivity index (χ3v) is 4.13. The molecule has 2 aliphatic carbocycles. The van der Waals surface area contributed by atoms with Gasteiger partial charge in [-0.3, -0.25) is 4.79 Å². The molecule has 0 saturated carbocycles. The Bertz CT molecular complexity index is 635. The number of esters is 1. The molecule has 5 heteroatoms. The zero-order valence-corrected chi connectivity index (χ0v) is 15.9. The third-order valence-electron chi connectivity index (χ3n) is 4.13. The van der Waals surface area contributed by atoms with E-state index < -0.39 is 11.7 Å². The van der Waals surface area contributed by atoms with E-state index in [-0.39, 0.29) is 19.1 Å². The van der Waals surface area contributed by atoms with Crippen molar-refractivity contribution in [3.63, 3.8) is 0 Å². The summed E-state index contributed by atoms with van der Waals surface area (Å²) in [7, 11) is 0. The van der Waals surface area contributed by atoms with Crippen LogP contribution in [0.25, 0.3) is 0 Å². The highest BCUT2D eigenvalue weighted by atomic mass is 16.6. The predicted octanol–water partition coefficient (Wildman–Crippen LogP) is 4.22. The molecular formula is C21H29NO4. The standard InChI is InChI=1S/C21H29NO4/c1-21(2,3)26-20(24)22-13-14-25-19(23)15-16-9-11-18(12-10-16)17-7-5-4-6-8-17/h4-7,9,11,17H,8,10,12-15H2,1-3H3,(H,22,24). The van der Waals surface area contributed by atoms with Crippen molar-refractivity contribution in [2.45, 2.75) is 52.1 Å². The Hall–Kier alpha value is -2.30. The van der Waals surface area contributed by atoms with E-state index in [4.69, 9.17) is 9.47 Å². The summed E-state index contributed by atoms with van der Waals surface area (Å²) in [6.07, 6.45) is 15.5. The highest BCUT2D eigenvalue weighted by molar-refractivity contribution is 5.73. The van der Waals surface area contributed by atoms with Crippen LogP contribution in [0.1, 0.15) is 46.5 Å². The lowest BCUT2D eigenvalue weighted by Crippen LogP contribution is -2.34. The molecule has 0 aromatic heterocycles. The third kappa shape index (κ3) is 7.30. The summed E-state index contributed by atoms with van der Waals surface area (Å²) in [5.41, 5.74) is 1.98. The van der Waals surface area contributed by atoms with Crippen molar-refractivity contribution < 1.29 is 19.1 Å². The lowest BCUT2D eigenvalue weighted by atomic mass is 9.85. The van der Waals surface area contributed by atoms with Crippen LogP contribution in [0.5, 0.6) is 0 Å². The van der Waals surface area contributed by atoms with Gasteiger partial charge in [0, 0.05) is 5.92 Å². The molecular weight excluding hydrogens is 330 g/mol. The van der Waals surface area contributed by atoms with Crippen molar-refractivity contribution in [3.05, 3.63) is 47.6 Å². The minimum absolute atomic E-state index is 0.144. The second-order valence-corrected chi connectivity index (χ2v) is 7.55. The van der Waals surface area contributed by atoms with Gasteiger partial charge in [-0.1, -0.05) is 47.6 Å². The number of carbonyl (C=O) groups excluding carboxylic acids is 2. The molecule has 5 nitrogen and oxygen atoms in total. The zero-order valence-electron chi connectivity index (χ0n) is 15.9. The first-order valence-corrected chi connectivity index (χ1v) is 9.18. The quantitative estimate of drug-likeness (QED) is 0.569. The largest absolute Gasteiger partial charge is 0.464 e. The molecule has 142 valence electrons. The number of hydrogen-bond donors (Lipinski definition) is 1. The maximum Gasteiger partial charge on any atom is 0.407 e. The van der Waals surface area contributed by atoms with E-state index in [1.807, 2.05) is 6.08 Å². The fourth-order valence-corrected chi connectivity index (χ4v) is 2.88. The lowest BCUT2D eigenvalue weighted by Gasteiger charge is -2.21. The lowest BCUT2D eigenvalue weighted by molar-refractivity contribution is -0.142. The predicted molar refractivity (Wildman–Crippen MR) is 102 cm³/mol. The average molecular weight is 359 g/mol. The molecule has 26 heavy (non-hydrogen) atoms. The molecule has 1 atom stereocenters. The topological polar surface area (TPSA) is 64.6 Å². The minimum atomic E-state index is -0.537. The number of allylic oxidation sites excluding steroid dienone is 7. The summed E-state index contributed by atoms with van der Waals surface area (Å²) < 4.78 is 10.3. The van der Waals surface area contributed by atoms with Gasteiger partial charge >= 0.3 is 12.1 Å². The van der Waals surface area contributed by atoms with Gasteiger partial charge in [-0.2, -0.15) is 0 Å². The van der Waals surface area contributed by atoms with Gasteiger partial charge in [0.05, 0.1) is 13.0 Å². The molecule has 0 spiro atoms. The van der Waals surface area contributed by atoms with E-state index in [2.05, 4.69) is 35.7 Å². The highest BCUT2D eigenvalue weighted by Crippen LogP contribution is 2.30. The number of rotatable bonds is 6. The molecule has 1 amide bonds. The number of carbonyl (C=O) groups is 2. The van der Waals surface area contributed by atoms with Crippen LogP contribution in [0.2, 0.25) is 0 Å². The first kappa shape index (κ1) is 20.0. The first-order chi connectivity index (χ1) is 12.3. The van der Waals surface area contributed by atoms with Crippen LogP contribution in [-0.4, -0.2) is 30.8 Å². The molecule has 0 aromatic carbocycles. The van der Waals surface area contributed by atoms with Gasteiger partial charge in [-0.15, -0.1) is 0 Å². The number of nitrogens with one attached hydrogen (secondary N) is 1. The van der Waals surface area contributed by atoms with Crippen molar-refractivity contribution >= 4 is 12.1 Å². The van der Waals surface area contributed by atoms with E-state index in [1.165, 1.54) is 5.57 Å². The average Bonchev–Trinajstić information content (AvgIpc) is 2.59. The highest BCUT2D eigenvalue weighted by Gasteiger charge is 2.17. The van der Waals surface area contributed by atoms with Gasteiger partial charge in [-0.05, 0) is 40.0 Å². The second kappa shape index (κ2) is 9.41. The van der Waals surface area contributed by atoms with Crippen molar-refractivity contribution in [2.24, 2.45) is 5.92 Å². The summed E-state index contributed by atoms with van der Waals surface area (Å²) in [5, 5.41) is 2.57. The normalized spacial score (nSPS) is 19.4. The van der Waals surface area contributed by atoms with E-state index in [0.29, 0.717) is 12.3 Å². The van der Waals surface area contributed by atoms with Crippen LogP contribution in [-0.2, 0) is 14.3 Å². The first-order valence-electron chi connectivity index (χ1n) is 9.18. The summed E-state index contributed by atoms with van der Waals surface area (Å²) in [4.78, 5) is 23.4. The Morgan fingerprint density at radius 1 is 1.19 bits per heavy atom. The van der Waals surface area contributed by atoms with E-state index in [9.17, 15) is 9.59 Å². The molecule has 0 radical (unpaired) electrons. The van der Waals surface area contributed by atoms with Crippen LogP contribution in [0, 0.1) is 5.92 Å². The van der Waals surface area contributed by atoms with E-state index in [0.717, 1.165) is 24.8 Å². The Kier molecular flexibility index (Phi) is 7.25. The van der Waals surface area contributed by atoms with Crippen LogP contribution in [0.4, 0.5) is 4.79 Å². The maximum atomic E-state index is 11.9. The molecule has 0 aliphatic heterocycles. The Morgan fingerprint density at radius 3 is 2.62 bits per heavy atom. The van der Waals surface area contributed by atoms with Crippen molar-refractivity contribution in [3.8, 4) is 0 Å². The number of ether oxygens (including phenoxy) is 2. The van der Waals surface area contributed by atoms with Gasteiger partial charge in [-0.25, -0.2) is 4.79 Å². The van der Waals surface area contributed by atoms with Crippen LogP contribution >= 0.6 is 0 Å². The monoisotopic (exact) mass is 359 g/mol. The molecule has 0 bridgehead atoms. The number of amides is 1. The maximum absolute atomic E-state index is 11.9. The van der Waals surface area contributed by atoms with E-state index >= 15 is 0 Å². The molecule has 0 fully saturated rings. The van der Waals surface area contributed by atoms with E-state index in [1.54, 1.807) is 20.8 Å². The Balaban J connectivity index is 1.66. The molecule has 0 heterocycles. The van der Waals surface area contributed by atoms with Gasteiger partial charge < -0.3 is 14.8 Å². The molecule has 0 aromatic rings. The fraction of sp³-hybridized carbons (Fsp3) is 0.524. The number of hydrogen-bond acceptors (Lipinski definition) is 4. The Morgan fingerprint density at radius 2 is 2.00 bits per heavy atom. The smallest absolute Gasteiger partial charge is 0.407 e. The van der Waals surface area contributed by atoms with Crippen molar-refractivity contribution in [1.29, 1.82) is 0 Å². The minimum Gasteiger partial charge on any atom is -0.464 e. The summed E-state index contributed by atoms with van der Waals surface area (Å²) in [6.45, 7) is 5.78. The van der Waals surface area contributed by atoms with Gasteiger partial charge in [0.15, 0.2) is 0 Å². The van der Waals surface area contributed by atoms with Gasteiger partial charge in [0.25, 0.3) is 0 Å². The molecule has 1 N–H and O–H groups in total. The Labute approximate surface area is 155 Å². The summed E-state index contributed by atoms with van der Waals surface area (Å²) in [5.74, 6) is 0.225. The molecule has 2 rings (SSSR count). The summed E-state index contributed by atoms with van der Waals surface area (Å²) >= 11 is 0. The zero-order chi connectivity index (χ0) is 19.0. The molecule has 2 aliphatic rings. The van der Waals surface area contributed by atoms with Crippen LogP contribution < -0.4 is 5.32 Å². The molecule has 0 saturated heterocycles. The SMILES string of the molecule is CC(C)(C)OC(=O)NCCOC(=O)CC1=CC=C(C2C=CC=CC2)CC1. The van der Waals surface area contributed by atoms with Gasteiger partial charge in [0.1, 0.15) is 12.2 Å². The molecule has 1 unspecified atom stereocenters. The van der Waals surface area contributed by atoms with Crippen LogP contribution in [0.3, 0.4) is 0 Å². The van der Waals surface area contributed by atoms with Crippen molar-refractivity contribution in [2.75, 3.05) is 13.2 Å². The second-order valence-electron chi connectivity index (χ2n) is 7.55.